The molecule has 0 aromatic rings. The van der Waals surface area contributed by atoms with Crippen molar-refractivity contribution in [2.24, 2.45) is 0 Å². The highest BCUT2D eigenvalue weighted by Gasteiger charge is 2.43. The molecule has 0 aromatic carbocycles. The van der Waals surface area contributed by atoms with E-state index < -0.39 is 21.4 Å². The Kier molecular flexibility index (Phi) is 5.79. The third-order valence-electron chi connectivity index (χ3n) is 1.75. The van der Waals surface area contributed by atoms with E-state index in [-0.39, 0.29) is 12.1 Å². The quantitative estimate of drug-likeness (QED) is 0.674. The normalized spacial score (nSPS) is 13.6. The van der Waals surface area contributed by atoms with Gasteiger partial charge in [0.25, 0.3) is 0 Å². The highest BCUT2D eigenvalue weighted by Crippen LogP contribution is 2.27. The van der Waals surface area contributed by atoms with Crippen LogP contribution in [-0.4, -0.2) is 35.3 Å². The van der Waals surface area contributed by atoms with Crippen molar-refractivity contribution in [1.82, 2.24) is 0 Å². The van der Waals surface area contributed by atoms with Crippen LogP contribution >= 0.6 is 0 Å². The molecule has 3 nitrogen and oxygen atoms in total. The van der Waals surface area contributed by atoms with Gasteiger partial charge >= 0.3 is 15.0 Å². The molecule has 92 valence electrons. The Bertz CT molecular complexity index is 180. The second kappa shape index (κ2) is 5.83. The molecule has 0 saturated heterocycles. The first-order chi connectivity index (χ1) is 6.74. The number of alkyl halides is 3. The van der Waals surface area contributed by atoms with Crippen LogP contribution in [0.3, 0.4) is 0 Å². The second-order valence-corrected chi connectivity index (χ2v) is 6.29. The van der Waals surface area contributed by atoms with E-state index in [4.69, 9.17) is 13.3 Å². The van der Waals surface area contributed by atoms with E-state index in [0.717, 1.165) is 0 Å². The Hall–Kier alpha value is -0.113. The van der Waals surface area contributed by atoms with Crippen molar-refractivity contribution in [3.63, 3.8) is 0 Å². The van der Waals surface area contributed by atoms with Crippen LogP contribution in [-0.2, 0) is 13.3 Å². The first kappa shape index (κ1) is 14.9. The van der Waals surface area contributed by atoms with Crippen molar-refractivity contribution in [2.75, 3.05) is 14.2 Å². The molecule has 0 atom stereocenters. The molecule has 0 bridgehead atoms. The monoisotopic (exact) mass is 246 g/mol. The molecule has 0 rings (SSSR count). The van der Waals surface area contributed by atoms with Gasteiger partial charge in [-0.25, -0.2) is 0 Å². The summed E-state index contributed by atoms with van der Waals surface area (Å²) in [6.45, 7) is 3.46. The standard InChI is InChI=1S/C8H17F3O3Si/c1-7(2)14-15(12-3,13-4)6-5-8(9,10)11/h7H,5-6H2,1-4H3. The lowest BCUT2D eigenvalue weighted by atomic mass is 10.5. The lowest BCUT2D eigenvalue weighted by molar-refractivity contribution is -0.133. The van der Waals surface area contributed by atoms with Gasteiger partial charge < -0.3 is 13.3 Å². The molecule has 0 fully saturated rings. The maximum Gasteiger partial charge on any atom is 0.500 e. The summed E-state index contributed by atoms with van der Waals surface area (Å²) in [6, 6.07) is -0.248. The van der Waals surface area contributed by atoms with Crippen LogP contribution in [0.1, 0.15) is 20.3 Å². The summed E-state index contributed by atoms with van der Waals surface area (Å²) in [5.41, 5.74) is 0. The zero-order valence-electron chi connectivity index (χ0n) is 9.35. The Morgan fingerprint density at radius 1 is 1.13 bits per heavy atom. The summed E-state index contributed by atoms with van der Waals surface area (Å²) in [5, 5.41) is 0. The summed E-state index contributed by atoms with van der Waals surface area (Å²) in [5.74, 6) is 0. The maximum atomic E-state index is 12.1. The van der Waals surface area contributed by atoms with Crippen LogP contribution in [0.15, 0.2) is 0 Å². The minimum absolute atomic E-state index is 0.218. The largest absolute Gasteiger partial charge is 0.500 e. The van der Waals surface area contributed by atoms with E-state index in [0.29, 0.717) is 0 Å². The maximum absolute atomic E-state index is 12.1. The van der Waals surface area contributed by atoms with Crippen molar-refractivity contribution >= 4 is 8.80 Å². The van der Waals surface area contributed by atoms with Crippen LogP contribution in [0.5, 0.6) is 0 Å². The molecular formula is C8H17F3O3Si. The van der Waals surface area contributed by atoms with Gasteiger partial charge in [-0.1, -0.05) is 0 Å². The van der Waals surface area contributed by atoms with Crippen molar-refractivity contribution in [3.8, 4) is 0 Å². The van der Waals surface area contributed by atoms with Gasteiger partial charge in [0, 0.05) is 32.8 Å². The van der Waals surface area contributed by atoms with Gasteiger partial charge in [0.2, 0.25) is 0 Å². The molecule has 0 aliphatic carbocycles. The van der Waals surface area contributed by atoms with Crippen molar-refractivity contribution in [2.45, 2.75) is 38.6 Å². The Morgan fingerprint density at radius 3 is 1.87 bits per heavy atom. The lowest BCUT2D eigenvalue weighted by Gasteiger charge is -2.28. The third kappa shape index (κ3) is 6.13. The fourth-order valence-corrected chi connectivity index (χ4v) is 3.29. The van der Waals surface area contributed by atoms with Gasteiger partial charge in [0.05, 0.1) is 0 Å². The molecule has 0 aliphatic rings. The van der Waals surface area contributed by atoms with Gasteiger partial charge in [-0.15, -0.1) is 0 Å². The first-order valence-corrected chi connectivity index (χ1v) is 6.53. The molecule has 0 N–H and O–H groups in total. The van der Waals surface area contributed by atoms with Crippen molar-refractivity contribution in [1.29, 1.82) is 0 Å². The Morgan fingerprint density at radius 2 is 1.60 bits per heavy atom. The van der Waals surface area contributed by atoms with E-state index in [9.17, 15) is 13.2 Å². The number of hydrogen-bond donors (Lipinski definition) is 0. The predicted molar refractivity (Wildman–Crippen MR) is 51.5 cm³/mol. The van der Waals surface area contributed by atoms with Gasteiger partial charge in [0.1, 0.15) is 0 Å². The van der Waals surface area contributed by atoms with Gasteiger partial charge in [-0.3, -0.25) is 0 Å². The smallest absolute Gasteiger partial charge is 0.377 e. The topological polar surface area (TPSA) is 27.7 Å². The van der Waals surface area contributed by atoms with Crippen molar-refractivity contribution < 1.29 is 26.4 Å². The number of rotatable bonds is 6. The van der Waals surface area contributed by atoms with E-state index in [2.05, 4.69) is 0 Å². The van der Waals surface area contributed by atoms with Gasteiger partial charge in [-0.2, -0.15) is 13.2 Å². The highest BCUT2D eigenvalue weighted by molar-refractivity contribution is 6.60. The number of halogens is 3. The molecule has 0 radical (unpaired) electrons. The molecule has 0 unspecified atom stereocenters. The molecule has 0 aliphatic heterocycles. The lowest BCUT2D eigenvalue weighted by Crippen LogP contribution is -2.46. The molecule has 0 saturated carbocycles. The highest BCUT2D eigenvalue weighted by atomic mass is 28.4. The van der Waals surface area contributed by atoms with Gasteiger partial charge in [0.15, 0.2) is 0 Å². The zero-order chi connectivity index (χ0) is 12.1. The van der Waals surface area contributed by atoms with Gasteiger partial charge in [-0.05, 0) is 13.8 Å². The average Bonchev–Trinajstić information content (AvgIpc) is 2.10. The van der Waals surface area contributed by atoms with Crippen LogP contribution in [0.25, 0.3) is 0 Å². The minimum atomic E-state index is -4.21. The average molecular weight is 246 g/mol. The molecule has 15 heavy (non-hydrogen) atoms. The molecule has 0 spiro atoms. The molecule has 0 aromatic heterocycles. The van der Waals surface area contributed by atoms with E-state index in [1.807, 2.05) is 0 Å². The Balaban J connectivity index is 4.37. The summed E-state index contributed by atoms with van der Waals surface area (Å²) < 4.78 is 51.5. The molecule has 7 heteroatoms. The summed E-state index contributed by atoms with van der Waals surface area (Å²) in [6.07, 6.45) is -5.38. The molecule has 0 heterocycles. The van der Waals surface area contributed by atoms with Crippen LogP contribution in [0, 0.1) is 0 Å². The van der Waals surface area contributed by atoms with Crippen LogP contribution in [0.2, 0.25) is 6.04 Å². The second-order valence-electron chi connectivity index (χ2n) is 3.37. The third-order valence-corrected chi connectivity index (χ3v) is 4.69. The summed E-state index contributed by atoms with van der Waals surface area (Å²) in [7, 11) is -0.508. The summed E-state index contributed by atoms with van der Waals surface area (Å²) in [4.78, 5) is 0. The predicted octanol–water partition coefficient (Wildman–Crippen LogP) is 2.60. The fourth-order valence-electron chi connectivity index (χ4n) is 1.10. The van der Waals surface area contributed by atoms with E-state index in [1.165, 1.54) is 14.2 Å². The van der Waals surface area contributed by atoms with Crippen molar-refractivity contribution in [3.05, 3.63) is 0 Å². The first-order valence-electron chi connectivity index (χ1n) is 4.59. The SMILES string of the molecule is CO[Si](CCC(F)(F)F)(OC)OC(C)C. The van der Waals surface area contributed by atoms with Crippen LogP contribution < -0.4 is 0 Å². The molecular weight excluding hydrogens is 229 g/mol. The number of hydrogen-bond acceptors (Lipinski definition) is 3. The molecule has 0 amide bonds. The van der Waals surface area contributed by atoms with E-state index in [1.54, 1.807) is 13.8 Å². The summed E-state index contributed by atoms with van der Waals surface area (Å²) >= 11 is 0. The zero-order valence-corrected chi connectivity index (χ0v) is 10.4. The minimum Gasteiger partial charge on any atom is -0.377 e. The Labute approximate surface area is 88.9 Å². The van der Waals surface area contributed by atoms with Crippen LogP contribution in [0.4, 0.5) is 13.2 Å². The fraction of sp³-hybridized carbons (Fsp3) is 1.00. The van der Waals surface area contributed by atoms with E-state index >= 15 is 0 Å².